The fourth-order valence-corrected chi connectivity index (χ4v) is 7.13. The summed E-state index contributed by atoms with van der Waals surface area (Å²) in [6.07, 6.45) is 2.72. The lowest BCUT2D eigenvalue weighted by molar-refractivity contribution is -0.113. The van der Waals surface area contributed by atoms with E-state index in [9.17, 15) is 40.2 Å². The molecule has 0 amide bonds. The molecule has 0 saturated carbocycles. The lowest BCUT2D eigenvalue weighted by Gasteiger charge is -2.29. The first-order valence-corrected chi connectivity index (χ1v) is 16.8. The van der Waals surface area contributed by atoms with Crippen LogP contribution in [0.2, 0.25) is 0 Å². The molecule has 0 unspecified atom stereocenters. The van der Waals surface area contributed by atoms with Gasteiger partial charge in [-0.1, -0.05) is 52.0 Å². The van der Waals surface area contributed by atoms with Crippen molar-refractivity contribution in [3.8, 4) is 34.1 Å². The van der Waals surface area contributed by atoms with Crippen LogP contribution in [0.5, 0.6) is 23.0 Å². The number of ketones is 2. The molecule has 10 heteroatoms. The Morgan fingerprint density at radius 1 is 0.538 bits per heavy atom. The summed E-state index contributed by atoms with van der Waals surface area (Å²) in [6, 6.07) is 16.0. The molecule has 2 aliphatic rings. The largest absolute Gasteiger partial charge is 0.508 e. The minimum atomic E-state index is -0.726. The highest BCUT2D eigenvalue weighted by atomic mass is 16.3. The topological polar surface area (TPSA) is 180 Å². The predicted octanol–water partition coefficient (Wildman–Crippen LogP) is 8.71. The number of fused-ring (bicyclic) bond motifs is 2. The number of phenolic OH excluding ortho intramolecular Hbond substituents is 4. The molecule has 10 nitrogen and oxygen atoms in total. The fourth-order valence-electron chi connectivity index (χ4n) is 7.13. The van der Waals surface area contributed by atoms with Gasteiger partial charge in [-0.25, -0.2) is 0 Å². The van der Waals surface area contributed by atoms with Crippen LogP contribution < -0.4 is 10.6 Å². The van der Waals surface area contributed by atoms with E-state index in [0.29, 0.717) is 44.8 Å². The normalized spacial score (nSPS) is 15.9. The van der Waals surface area contributed by atoms with E-state index in [1.54, 1.807) is 50.2 Å². The number of nitrogens with one attached hydrogen (secondary N) is 2. The zero-order valence-electron chi connectivity index (χ0n) is 29.6. The quantitative estimate of drug-likeness (QED) is 0.0869. The Morgan fingerprint density at radius 2 is 0.904 bits per heavy atom. The second-order valence-corrected chi connectivity index (χ2v) is 13.7. The molecule has 0 spiro atoms. The summed E-state index contributed by atoms with van der Waals surface area (Å²) in [5.74, 6) is -3.64. The molecule has 266 valence electrons. The summed E-state index contributed by atoms with van der Waals surface area (Å²) in [6.45, 7) is 10.8. The van der Waals surface area contributed by atoms with Crippen molar-refractivity contribution < 1.29 is 40.2 Å². The number of aliphatic hydroxyl groups excluding tert-OH is 2. The number of carbonyl (C=O) groups excluding carboxylic acids is 2. The monoisotopic (exact) mass is 700 g/mol. The number of allylic oxidation sites excluding steroid dienone is 4. The summed E-state index contributed by atoms with van der Waals surface area (Å²) in [7, 11) is 0. The van der Waals surface area contributed by atoms with Crippen LogP contribution in [0.4, 0.5) is 11.4 Å². The van der Waals surface area contributed by atoms with Crippen LogP contribution in [0.1, 0.15) is 61.1 Å². The van der Waals surface area contributed by atoms with Crippen molar-refractivity contribution in [2.75, 3.05) is 10.6 Å². The van der Waals surface area contributed by atoms with E-state index in [-0.39, 0.29) is 68.2 Å². The number of carbonyl (C=O) groups is 2. The van der Waals surface area contributed by atoms with Gasteiger partial charge in [0.15, 0.2) is 11.5 Å². The van der Waals surface area contributed by atoms with Gasteiger partial charge in [0.05, 0.1) is 11.1 Å². The molecule has 0 heterocycles. The van der Waals surface area contributed by atoms with E-state index in [1.165, 1.54) is 36.7 Å². The minimum absolute atomic E-state index is 0.00414. The maximum absolute atomic E-state index is 13.8. The van der Waals surface area contributed by atoms with Gasteiger partial charge in [-0.15, -0.1) is 0 Å². The molecule has 6 rings (SSSR count). The number of aromatic hydroxyl groups is 4. The zero-order valence-corrected chi connectivity index (χ0v) is 29.6. The minimum Gasteiger partial charge on any atom is -0.508 e. The highest BCUT2D eigenvalue weighted by Gasteiger charge is 2.38. The summed E-state index contributed by atoms with van der Waals surface area (Å²) in [5, 5.41) is 72.8. The van der Waals surface area contributed by atoms with Gasteiger partial charge in [0.1, 0.15) is 23.0 Å². The molecule has 0 saturated heterocycles. The molecule has 0 radical (unpaired) electrons. The van der Waals surface area contributed by atoms with E-state index in [0.717, 1.165) is 0 Å². The Bertz CT molecular complexity index is 2160. The van der Waals surface area contributed by atoms with Crippen molar-refractivity contribution in [2.24, 2.45) is 11.8 Å². The van der Waals surface area contributed by atoms with Crippen LogP contribution in [-0.2, 0) is 9.59 Å². The van der Waals surface area contributed by atoms with E-state index in [2.05, 4.69) is 10.6 Å². The van der Waals surface area contributed by atoms with Crippen LogP contribution in [0, 0.1) is 25.7 Å². The molecule has 52 heavy (non-hydrogen) atoms. The Balaban J connectivity index is 1.63. The van der Waals surface area contributed by atoms with E-state index >= 15 is 0 Å². The SMILES string of the molecule is Cc1cc2c(c(O)c1-c1c(C)cc3c(c1O)C(=CNc1cccc(O)c1)C(=O)C(O)=C3C(C)C)C(=CNc1cccc(O)c1)C(=O)C(O)=C2C(C)C. The third-order valence-electron chi connectivity index (χ3n) is 9.41. The second kappa shape index (κ2) is 13.4. The van der Waals surface area contributed by atoms with E-state index < -0.39 is 23.1 Å². The lowest BCUT2D eigenvalue weighted by atomic mass is 9.75. The number of aryl methyl sites for hydroxylation is 2. The fraction of sp³-hybridized carbons (Fsp3) is 0.190. The predicted molar refractivity (Wildman–Crippen MR) is 203 cm³/mol. The molecule has 4 aromatic carbocycles. The number of benzene rings is 4. The van der Waals surface area contributed by atoms with Crippen molar-refractivity contribution in [3.05, 3.63) is 118 Å². The van der Waals surface area contributed by atoms with Gasteiger partial charge >= 0.3 is 0 Å². The number of hydrogen-bond donors (Lipinski definition) is 8. The Morgan fingerprint density at radius 3 is 1.23 bits per heavy atom. The Hall–Kier alpha value is -6.42. The number of Topliss-reactive ketones (excluding diaryl/α,β-unsaturated/α-hetero) is 2. The molecule has 8 N–H and O–H groups in total. The smallest absolute Gasteiger partial charge is 0.229 e. The van der Waals surface area contributed by atoms with Crippen molar-refractivity contribution in [1.29, 1.82) is 0 Å². The van der Waals surface area contributed by atoms with E-state index in [4.69, 9.17) is 0 Å². The Labute approximate surface area is 301 Å². The third-order valence-corrected chi connectivity index (χ3v) is 9.41. The molecule has 2 aliphatic carbocycles. The van der Waals surface area contributed by atoms with Crippen molar-refractivity contribution in [1.82, 2.24) is 0 Å². The average Bonchev–Trinajstić information content (AvgIpc) is 3.07. The summed E-state index contributed by atoms with van der Waals surface area (Å²) in [5.41, 5.74) is 4.09. The van der Waals surface area contributed by atoms with Gasteiger partial charge in [0.2, 0.25) is 11.6 Å². The van der Waals surface area contributed by atoms with Gasteiger partial charge in [0.25, 0.3) is 0 Å². The zero-order chi connectivity index (χ0) is 37.8. The van der Waals surface area contributed by atoms with Gasteiger partial charge < -0.3 is 41.3 Å². The molecular formula is C42H40N2O8. The first kappa shape index (κ1) is 35.4. The molecule has 0 aliphatic heterocycles. The highest BCUT2D eigenvalue weighted by molar-refractivity contribution is 6.35. The first-order valence-electron chi connectivity index (χ1n) is 16.8. The maximum Gasteiger partial charge on any atom is 0.229 e. The van der Waals surface area contributed by atoms with E-state index in [1.807, 2.05) is 27.7 Å². The van der Waals surface area contributed by atoms with Crippen molar-refractivity contribution in [2.45, 2.75) is 41.5 Å². The third kappa shape index (κ3) is 5.91. The first-order chi connectivity index (χ1) is 24.6. The standard InChI is InChI=1S/C42H40N2O8/c1-19(2)31-27-13-21(5)33(39(49)35(27)29(37(47)41(31)51)17-43-23-9-7-11-25(45)15-23)34-22(6)14-28-32(20(3)4)42(52)38(48)30(36(28)40(34)50)18-44-24-10-8-12-26(46)16-24/h7-20,43-46,49-52H,1-6H3. The van der Waals surface area contributed by atoms with Gasteiger partial charge in [-0.2, -0.15) is 0 Å². The molecule has 0 bridgehead atoms. The van der Waals surface area contributed by atoms with Crippen molar-refractivity contribution >= 4 is 45.2 Å². The van der Waals surface area contributed by atoms with Gasteiger partial charge in [-0.3, -0.25) is 9.59 Å². The van der Waals surface area contributed by atoms with Crippen molar-refractivity contribution in [3.63, 3.8) is 0 Å². The molecule has 0 fully saturated rings. The van der Waals surface area contributed by atoms with Crippen LogP contribution in [0.3, 0.4) is 0 Å². The van der Waals surface area contributed by atoms with Crippen LogP contribution in [-0.4, -0.2) is 42.2 Å². The number of aliphatic hydroxyl groups is 2. The van der Waals surface area contributed by atoms with Crippen LogP contribution >= 0.6 is 0 Å². The summed E-state index contributed by atoms with van der Waals surface area (Å²) < 4.78 is 0. The average molecular weight is 701 g/mol. The number of anilines is 2. The molecule has 0 atom stereocenters. The summed E-state index contributed by atoms with van der Waals surface area (Å²) >= 11 is 0. The molecule has 0 aromatic heterocycles. The number of hydrogen-bond acceptors (Lipinski definition) is 10. The maximum atomic E-state index is 13.8. The lowest BCUT2D eigenvalue weighted by Crippen LogP contribution is -2.20. The molecule has 4 aromatic rings. The number of phenols is 4. The van der Waals surface area contributed by atoms with Crippen LogP contribution in [0.15, 0.2) is 84.6 Å². The second-order valence-electron chi connectivity index (χ2n) is 13.7. The van der Waals surface area contributed by atoms with Crippen LogP contribution in [0.25, 0.3) is 33.4 Å². The summed E-state index contributed by atoms with van der Waals surface area (Å²) in [4.78, 5) is 27.6. The number of rotatable bonds is 7. The van der Waals surface area contributed by atoms with Gasteiger partial charge in [-0.05, 0) is 72.2 Å². The Kier molecular flexibility index (Phi) is 9.10. The highest BCUT2D eigenvalue weighted by Crippen LogP contribution is 2.53. The molecular weight excluding hydrogens is 660 g/mol. The van der Waals surface area contributed by atoms with Gasteiger partial charge in [0, 0.05) is 69.3 Å².